The number of rotatable bonds is 13. The van der Waals surface area contributed by atoms with Crippen molar-refractivity contribution in [3.8, 4) is 0 Å². The van der Waals surface area contributed by atoms with Gasteiger partial charge in [0.25, 0.3) is 0 Å². The third-order valence-corrected chi connectivity index (χ3v) is 5.64. The average Bonchev–Trinajstić information content (AvgIpc) is 3.34. The van der Waals surface area contributed by atoms with Crippen molar-refractivity contribution >= 4 is 5.91 Å². The number of halogens is 1. The molecule has 170 valence electrons. The van der Waals surface area contributed by atoms with Gasteiger partial charge in [-0.05, 0) is 62.1 Å². The minimum absolute atomic E-state index is 0.0543. The van der Waals surface area contributed by atoms with E-state index in [0.29, 0.717) is 26.1 Å². The summed E-state index contributed by atoms with van der Waals surface area (Å²) in [5, 5.41) is 0. The van der Waals surface area contributed by atoms with Gasteiger partial charge in [-0.15, -0.1) is 0 Å². The van der Waals surface area contributed by atoms with Crippen LogP contribution < -0.4 is 5.73 Å². The highest BCUT2D eigenvalue weighted by Crippen LogP contribution is 2.28. The maximum Gasteiger partial charge on any atom is 0.222 e. The molecule has 0 radical (unpaired) electrons. The van der Waals surface area contributed by atoms with Crippen LogP contribution in [0.5, 0.6) is 0 Å². The predicted octanol–water partition coefficient (Wildman–Crippen LogP) is 4.06. The van der Waals surface area contributed by atoms with Crippen LogP contribution in [-0.2, 0) is 11.2 Å². The van der Waals surface area contributed by atoms with E-state index in [1.54, 1.807) is 18.7 Å². The van der Waals surface area contributed by atoms with Crippen molar-refractivity contribution in [2.75, 3.05) is 19.6 Å². The molecular formula is C25H32FN5O. The number of nitrogens with one attached hydrogen (secondary N) is 1. The monoisotopic (exact) mass is 437 g/mol. The first-order chi connectivity index (χ1) is 15.7. The number of unbranched alkanes of at least 4 members (excludes halogenated alkanes) is 1. The maximum absolute atomic E-state index is 13.5. The van der Waals surface area contributed by atoms with Gasteiger partial charge in [-0.2, -0.15) is 0 Å². The van der Waals surface area contributed by atoms with Gasteiger partial charge in [0, 0.05) is 55.6 Å². The second-order valence-electron chi connectivity index (χ2n) is 7.95. The van der Waals surface area contributed by atoms with Crippen LogP contribution in [0.4, 0.5) is 4.39 Å². The lowest BCUT2D eigenvalue weighted by molar-refractivity contribution is -0.131. The summed E-state index contributed by atoms with van der Waals surface area (Å²) in [6.45, 7) is 1.92. The average molecular weight is 438 g/mol. The number of H-pyrrole nitrogens is 1. The molecule has 0 aliphatic carbocycles. The van der Waals surface area contributed by atoms with Crippen LogP contribution in [0.3, 0.4) is 0 Å². The number of hydrogen-bond acceptors (Lipinski definition) is 4. The Hall–Kier alpha value is -3.06. The van der Waals surface area contributed by atoms with Crippen molar-refractivity contribution in [3.05, 3.63) is 84.0 Å². The Morgan fingerprint density at radius 1 is 1.09 bits per heavy atom. The Labute approximate surface area is 189 Å². The number of carbonyl (C=O) groups is 1. The van der Waals surface area contributed by atoms with Crippen molar-refractivity contribution in [3.63, 3.8) is 0 Å². The molecule has 1 amide bonds. The lowest BCUT2D eigenvalue weighted by Gasteiger charge is -2.24. The van der Waals surface area contributed by atoms with Gasteiger partial charge < -0.3 is 15.6 Å². The molecule has 3 aromatic rings. The first-order valence-electron chi connectivity index (χ1n) is 11.3. The number of imidazole rings is 1. The summed E-state index contributed by atoms with van der Waals surface area (Å²) in [7, 11) is 0. The fourth-order valence-corrected chi connectivity index (χ4v) is 3.87. The molecule has 1 unspecified atom stereocenters. The molecule has 0 bridgehead atoms. The Balaban J connectivity index is 1.64. The SMILES string of the molecule is NCCCCC(=O)N(CCCC(c1ccc(F)cc1)c1ccccn1)CCc1cnc[nH]1. The molecule has 0 aliphatic rings. The second-order valence-corrected chi connectivity index (χ2v) is 7.95. The van der Waals surface area contributed by atoms with Crippen molar-refractivity contribution in [2.24, 2.45) is 5.73 Å². The molecular weight excluding hydrogens is 405 g/mol. The highest BCUT2D eigenvalue weighted by molar-refractivity contribution is 5.76. The fraction of sp³-hybridized carbons (Fsp3) is 0.400. The minimum Gasteiger partial charge on any atom is -0.348 e. The zero-order valence-corrected chi connectivity index (χ0v) is 18.4. The van der Waals surface area contributed by atoms with E-state index in [9.17, 15) is 9.18 Å². The molecule has 0 fully saturated rings. The van der Waals surface area contributed by atoms with E-state index < -0.39 is 0 Å². The van der Waals surface area contributed by atoms with E-state index in [1.165, 1.54) is 12.1 Å². The predicted molar refractivity (Wildman–Crippen MR) is 123 cm³/mol. The van der Waals surface area contributed by atoms with E-state index in [1.807, 2.05) is 35.2 Å². The lowest BCUT2D eigenvalue weighted by Crippen LogP contribution is -2.34. The first-order valence-corrected chi connectivity index (χ1v) is 11.3. The quantitative estimate of drug-likeness (QED) is 0.395. The maximum atomic E-state index is 13.5. The number of pyridine rings is 1. The Morgan fingerprint density at radius 2 is 1.94 bits per heavy atom. The summed E-state index contributed by atoms with van der Waals surface area (Å²) in [5.74, 6) is -0.0330. The lowest BCUT2D eigenvalue weighted by atomic mass is 9.90. The van der Waals surface area contributed by atoms with Gasteiger partial charge in [0.2, 0.25) is 5.91 Å². The van der Waals surface area contributed by atoms with Crippen molar-refractivity contribution in [2.45, 2.75) is 44.4 Å². The van der Waals surface area contributed by atoms with E-state index in [2.05, 4.69) is 15.0 Å². The number of benzene rings is 1. The summed E-state index contributed by atoms with van der Waals surface area (Å²) in [6.07, 6.45) is 9.79. The van der Waals surface area contributed by atoms with Crippen LogP contribution in [0.25, 0.3) is 0 Å². The Kier molecular flexibility index (Phi) is 9.37. The van der Waals surface area contributed by atoms with E-state index in [4.69, 9.17) is 5.73 Å². The number of amides is 1. The molecule has 3 rings (SSSR count). The second kappa shape index (κ2) is 12.7. The number of aromatic amines is 1. The zero-order chi connectivity index (χ0) is 22.6. The minimum atomic E-state index is -0.249. The smallest absolute Gasteiger partial charge is 0.222 e. The van der Waals surface area contributed by atoms with E-state index in [0.717, 1.165) is 49.1 Å². The van der Waals surface area contributed by atoms with Crippen LogP contribution in [0.1, 0.15) is 55.0 Å². The normalized spacial score (nSPS) is 11.9. The van der Waals surface area contributed by atoms with Gasteiger partial charge in [-0.1, -0.05) is 18.2 Å². The number of nitrogens with two attached hydrogens (primary N) is 1. The third kappa shape index (κ3) is 7.27. The molecule has 7 heteroatoms. The van der Waals surface area contributed by atoms with Crippen molar-refractivity contribution in [1.82, 2.24) is 19.9 Å². The van der Waals surface area contributed by atoms with Crippen LogP contribution in [0, 0.1) is 5.82 Å². The van der Waals surface area contributed by atoms with Gasteiger partial charge in [0.15, 0.2) is 0 Å². The molecule has 0 saturated carbocycles. The fourth-order valence-electron chi connectivity index (χ4n) is 3.87. The molecule has 3 N–H and O–H groups in total. The zero-order valence-electron chi connectivity index (χ0n) is 18.4. The Bertz CT molecular complexity index is 915. The van der Waals surface area contributed by atoms with Crippen LogP contribution >= 0.6 is 0 Å². The van der Waals surface area contributed by atoms with Gasteiger partial charge in [0.05, 0.1) is 6.33 Å². The topological polar surface area (TPSA) is 87.9 Å². The molecule has 0 spiro atoms. The van der Waals surface area contributed by atoms with Gasteiger partial charge in [0.1, 0.15) is 5.82 Å². The molecule has 1 aromatic carbocycles. The third-order valence-electron chi connectivity index (χ3n) is 5.64. The standard InChI is InChI=1S/C25H32FN5O/c26-21-11-9-20(10-12-21)23(24-7-2-4-15-29-24)6-5-16-31(25(32)8-1-3-14-27)17-13-22-18-28-19-30-22/h2,4,7,9-12,15,18-19,23H,1,3,5-6,8,13-14,16-17,27H2,(H,28,30). The van der Waals surface area contributed by atoms with Gasteiger partial charge in [-0.25, -0.2) is 9.37 Å². The molecule has 6 nitrogen and oxygen atoms in total. The van der Waals surface area contributed by atoms with Gasteiger partial charge in [-0.3, -0.25) is 9.78 Å². The van der Waals surface area contributed by atoms with Crippen LogP contribution in [-0.4, -0.2) is 45.4 Å². The largest absolute Gasteiger partial charge is 0.348 e. The van der Waals surface area contributed by atoms with Crippen LogP contribution in [0.15, 0.2) is 61.2 Å². The molecule has 1 atom stereocenters. The first kappa shape index (κ1) is 23.6. The number of carbonyl (C=O) groups excluding carboxylic acids is 1. The van der Waals surface area contributed by atoms with E-state index in [-0.39, 0.29) is 17.6 Å². The summed E-state index contributed by atoms with van der Waals surface area (Å²) >= 11 is 0. The number of nitrogens with zero attached hydrogens (tertiary/aromatic N) is 3. The van der Waals surface area contributed by atoms with Gasteiger partial charge >= 0.3 is 0 Å². The summed E-state index contributed by atoms with van der Waals surface area (Å²) in [6, 6.07) is 12.5. The van der Waals surface area contributed by atoms with Crippen molar-refractivity contribution < 1.29 is 9.18 Å². The molecule has 2 heterocycles. The molecule has 0 aliphatic heterocycles. The highest BCUT2D eigenvalue weighted by Gasteiger charge is 2.18. The number of aromatic nitrogens is 3. The summed E-state index contributed by atoms with van der Waals surface area (Å²) in [4.78, 5) is 26.5. The molecule has 32 heavy (non-hydrogen) atoms. The van der Waals surface area contributed by atoms with Crippen LogP contribution in [0.2, 0.25) is 0 Å². The molecule has 0 saturated heterocycles. The molecule has 2 aromatic heterocycles. The number of hydrogen-bond donors (Lipinski definition) is 2. The van der Waals surface area contributed by atoms with E-state index >= 15 is 0 Å². The summed E-state index contributed by atoms with van der Waals surface area (Å²) in [5.41, 5.74) is 8.58. The highest BCUT2D eigenvalue weighted by atomic mass is 19.1. The summed E-state index contributed by atoms with van der Waals surface area (Å²) < 4.78 is 13.5. The Morgan fingerprint density at radius 3 is 2.62 bits per heavy atom. The van der Waals surface area contributed by atoms with Crippen molar-refractivity contribution in [1.29, 1.82) is 0 Å².